The van der Waals surface area contributed by atoms with E-state index < -0.39 is 0 Å². The van der Waals surface area contributed by atoms with Crippen molar-refractivity contribution in [3.8, 4) is 0 Å². The summed E-state index contributed by atoms with van der Waals surface area (Å²) in [5, 5.41) is 6.10. The summed E-state index contributed by atoms with van der Waals surface area (Å²) in [6, 6.07) is 14.8. The molecule has 18 heavy (non-hydrogen) atoms. The molecule has 3 aromatic rings. The van der Waals surface area contributed by atoms with Crippen LogP contribution in [0.25, 0.3) is 28.1 Å². The van der Waals surface area contributed by atoms with Crippen LogP contribution in [0.2, 0.25) is 0 Å². The maximum absolute atomic E-state index is 5.75. The molecule has 0 saturated carbocycles. The third-order valence-corrected chi connectivity index (χ3v) is 3.20. The number of rotatable bonds is 1. The van der Waals surface area contributed by atoms with E-state index in [1.165, 1.54) is 21.5 Å². The molecule has 0 bridgehead atoms. The molecule has 0 aliphatic heterocycles. The van der Waals surface area contributed by atoms with Crippen molar-refractivity contribution in [3.05, 3.63) is 53.2 Å². The zero-order valence-corrected chi connectivity index (χ0v) is 11.0. The summed E-state index contributed by atoms with van der Waals surface area (Å²) in [6.45, 7) is 8.69. The number of nitrogens with two attached hydrogens (primary N) is 1. The Labute approximate surface area is 108 Å². The van der Waals surface area contributed by atoms with Gasteiger partial charge in [-0.05, 0) is 38.4 Å². The molecule has 92 valence electrons. The summed E-state index contributed by atoms with van der Waals surface area (Å²) in [5.41, 5.74) is 6.88. The second-order valence-corrected chi connectivity index (χ2v) is 4.10. The van der Waals surface area contributed by atoms with E-state index in [1.807, 2.05) is 13.8 Å². The molecule has 0 heterocycles. The number of hydrogen-bond acceptors (Lipinski definition) is 1. The lowest BCUT2D eigenvalue weighted by atomic mass is 9.96. The quantitative estimate of drug-likeness (QED) is 0.687. The molecule has 0 aromatic heterocycles. The molecule has 3 rings (SSSR count). The van der Waals surface area contributed by atoms with Crippen LogP contribution >= 0.6 is 0 Å². The minimum absolute atomic E-state index is 0.545. The molecule has 0 aliphatic carbocycles. The smallest absolute Gasteiger partial charge is 0.0184 e. The van der Waals surface area contributed by atoms with Gasteiger partial charge in [-0.1, -0.05) is 56.8 Å². The minimum atomic E-state index is 0.545. The van der Waals surface area contributed by atoms with Crippen LogP contribution in [0.4, 0.5) is 0 Å². The highest BCUT2D eigenvalue weighted by molar-refractivity contribution is 6.10. The van der Waals surface area contributed by atoms with Crippen molar-refractivity contribution in [1.29, 1.82) is 0 Å². The first-order chi connectivity index (χ1) is 8.81. The lowest BCUT2D eigenvalue weighted by Gasteiger charge is -2.08. The fourth-order valence-electron chi connectivity index (χ4n) is 2.37. The van der Waals surface area contributed by atoms with Crippen LogP contribution in [0.15, 0.2) is 42.5 Å². The Balaban J connectivity index is 0.000000574. The number of hydrogen-bond donors (Lipinski definition) is 1. The highest BCUT2D eigenvalue weighted by Gasteiger charge is 2.04. The Bertz CT molecular complexity index is 708. The largest absolute Gasteiger partial charge is 0.326 e. The van der Waals surface area contributed by atoms with Crippen molar-refractivity contribution in [1.82, 2.24) is 0 Å². The zero-order valence-electron chi connectivity index (χ0n) is 11.0. The summed E-state index contributed by atoms with van der Waals surface area (Å²) in [4.78, 5) is 0. The molecule has 0 unspecified atom stereocenters. The standard InChI is InChI=1S/C15H13N.C2H6/c1-10-13(9-16)8-12-6-2-4-11-5-3-7-14(10)15(11)12;1-2/h2-8H,1,9,16H2;1-2H3. The SMILES string of the molecule is C=c1c(CN)cc2cccc3cccc1c32.CC. The van der Waals surface area contributed by atoms with E-state index in [9.17, 15) is 0 Å². The fraction of sp³-hybridized carbons (Fsp3) is 0.176. The van der Waals surface area contributed by atoms with Crippen molar-refractivity contribution >= 4 is 28.1 Å². The first-order valence-corrected chi connectivity index (χ1v) is 6.43. The molecule has 0 saturated heterocycles. The molecule has 0 atom stereocenters. The van der Waals surface area contributed by atoms with Gasteiger partial charge in [-0.25, -0.2) is 0 Å². The minimum Gasteiger partial charge on any atom is -0.326 e. The van der Waals surface area contributed by atoms with Gasteiger partial charge in [0.05, 0.1) is 0 Å². The van der Waals surface area contributed by atoms with Gasteiger partial charge in [-0.2, -0.15) is 0 Å². The molecule has 1 heteroatoms. The molecular formula is C17H19N. The van der Waals surface area contributed by atoms with Crippen molar-refractivity contribution in [2.45, 2.75) is 20.4 Å². The summed E-state index contributed by atoms with van der Waals surface area (Å²) in [5.74, 6) is 0. The van der Waals surface area contributed by atoms with Crippen molar-refractivity contribution in [2.24, 2.45) is 5.73 Å². The van der Waals surface area contributed by atoms with E-state index in [-0.39, 0.29) is 0 Å². The van der Waals surface area contributed by atoms with Gasteiger partial charge < -0.3 is 5.73 Å². The summed E-state index contributed by atoms with van der Waals surface area (Å²) < 4.78 is 0. The normalized spacial score (nSPS) is 10.4. The molecular weight excluding hydrogens is 218 g/mol. The van der Waals surface area contributed by atoms with Crippen molar-refractivity contribution in [2.75, 3.05) is 0 Å². The van der Waals surface area contributed by atoms with E-state index in [1.54, 1.807) is 0 Å². The van der Waals surface area contributed by atoms with Crippen LogP contribution in [-0.4, -0.2) is 0 Å². The zero-order chi connectivity index (χ0) is 13.1. The highest BCUT2D eigenvalue weighted by atomic mass is 14.5. The van der Waals surface area contributed by atoms with E-state index in [4.69, 9.17) is 5.73 Å². The van der Waals surface area contributed by atoms with Gasteiger partial charge in [0.1, 0.15) is 0 Å². The molecule has 0 aliphatic rings. The van der Waals surface area contributed by atoms with Gasteiger partial charge >= 0.3 is 0 Å². The third-order valence-electron chi connectivity index (χ3n) is 3.20. The fourth-order valence-corrected chi connectivity index (χ4v) is 2.37. The molecule has 3 aromatic carbocycles. The summed E-state index contributed by atoms with van der Waals surface area (Å²) in [7, 11) is 0. The molecule has 0 radical (unpaired) electrons. The summed E-state index contributed by atoms with van der Waals surface area (Å²) >= 11 is 0. The molecule has 0 spiro atoms. The Morgan fingerprint density at radius 2 is 1.61 bits per heavy atom. The first kappa shape index (κ1) is 12.6. The lowest BCUT2D eigenvalue weighted by Crippen LogP contribution is -2.12. The second-order valence-electron chi connectivity index (χ2n) is 4.10. The maximum Gasteiger partial charge on any atom is 0.0184 e. The van der Waals surface area contributed by atoms with E-state index in [0.717, 1.165) is 10.8 Å². The van der Waals surface area contributed by atoms with Crippen LogP contribution in [0.5, 0.6) is 0 Å². The van der Waals surface area contributed by atoms with Gasteiger partial charge in [0.15, 0.2) is 0 Å². The highest BCUT2D eigenvalue weighted by Crippen LogP contribution is 2.24. The predicted molar refractivity (Wildman–Crippen MR) is 81.4 cm³/mol. The molecule has 0 fully saturated rings. The average Bonchev–Trinajstić information content (AvgIpc) is 2.45. The Kier molecular flexibility index (Phi) is 3.63. The van der Waals surface area contributed by atoms with E-state index in [2.05, 4.69) is 49.0 Å². The Hall–Kier alpha value is -1.86. The monoisotopic (exact) mass is 237 g/mol. The van der Waals surface area contributed by atoms with Crippen LogP contribution in [0.3, 0.4) is 0 Å². The van der Waals surface area contributed by atoms with E-state index >= 15 is 0 Å². The van der Waals surface area contributed by atoms with Crippen LogP contribution < -0.4 is 11.0 Å². The topological polar surface area (TPSA) is 26.0 Å². The van der Waals surface area contributed by atoms with Gasteiger partial charge in [0.25, 0.3) is 0 Å². The Morgan fingerprint density at radius 3 is 2.28 bits per heavy atom. The van der Waals surface area contributed by atoms with Gasteiger partial charge in [0.2, 0.25) is 0 Å². The van der Waals surface area contributed by atoms with Gasteiger partial charge in [-0.15, -0.1) is 0 Å². The lowest BCUT2D eigenvalue weighted by molar-refractivity contribution is 1.07. The van der Waals surface area contributed by atoms with Crippen molar-refractivity contribution < 1.29 is 0 Å². The molecule has 0 amide bonds. The third kappa shape index (κ3) is 1.87. The average molecular weight is 237 g/mol. The first-order valence-electron chi connectivity index (χ1n) is 6.43. The van der Waals surface area contributed by atoms with Crippen molar-refractivity contribution in [3.63, 3.8) is 0 Å². The van der Waals surface area contributed by atoms with Gasteiger partial charge in [-0.3, -0.25) is 0 Å². The van der Waals surface area contributed by atoms with Gasteiger partial charge in [0, 0.05) is 6.54 Å². The predicted octanol–water partition coefficient (Wildman–Crippen LogP) is 3.61. The van der Waals surface area contributed by atoms with Crippen LogP contribution in [-0.2, 0) is 6.54 Å². The van der Waals surface area contributed by atoms with Crippen LogP contribution in [0.1, 0.15) is 19.4 Å². The number of benzene rings is 3. The second kappa shape index (κ2) is 5.19. The molecule has 1 nitrogen and oxygen atoms in total. The maximum atomic E-state index is 5.75. The summed E-state index contributed by atoms with van der Waals surface area (Å²) in [6.07, 6.45) is 0. The molecule has 2 N–H and O–H groups in total. The van der Waals surface area contributed by atoms with Crippen LogP contribution in [0, 0.1) is 0 Å². The van der Waals surface area contributed by atoms with E-state index in [0.29, 0.717) is 6.54 Å². The Morgan fingerprint density at radius 1 is 1.00 bits per heavy atom.